The van der Waals surface area contributed by atoms with E-state index in [-0.39, 0.29) is 30.6 Å². The number of carboxylic acids is 1. The monoisotopic (exact) mass is 268 g/mol. The number of aliphatic hydroxyl groups is 1. The third-order valence-corrected chi connectivity index (χ3v) is 4.63. The molecule has 106 valence electrons. The van der Waals surface area contributed by atoms with E-state index in [0.717, 1.165) is 25.7 Å². The van der Waals surface area contributed by atoms with Crippen LogP contribution in [0.15, 0.2) is 0 Å². The first kappa shape index (κ1) is 12.7. The second-order valence-electron chi connectivity index (χ2n) is 6.01. The van der Waals surface area contributed by atoms with Gasteiger partial charge in [0.05, 0.1) is 6.10 Å². The van der Waals surface area contributed by atoms with Crippen LogP contribution in [-0.2, 0) is 4.79 Å². The van der Waals surface area contributed by atoms with E-state index in [1.807, 2.05) is 0 Å². The van der Waals surface area contributed by atoms with Gasteiger partial charge in [-0.3, -0.25) is 4.79 Å². The number of urea groups is 1. The summed E-state index contributed by atoms with van der Waals surface area (Å²) >= 11 is 0. The van der Waals surface area contributed by atoms with Crippen LogP contribution in [0.5, 0.6) is 0 Å². The summed E-state index contributed by atoms with van der Waals surface area (Å²) in [7, 11) is 0. The van der Waals surface area contributed by atoms with Crippen molar-refractivity contribution in [3.05, 3.63) is 0 Å². The number of carboxylic acid groups (broad SMARTS) is 1. The Kier molecular flexibility index (Phi) is 3.12. The standard InChI is InChI=1S/C13H20N2O4/c16-11-4-1-8-5-14(6-10(8)11)13(19)15(7-12(17)18)9-2-3-9/h8-11,16H,1-7H2,(H,17,18). The summed E-state index contributed by atoms with van der Waals surface area (Å²) in [6.07, 6.45) is 3.32. The van der Waals surface area contributed by atoms with Crippen LogP contribution in [0.4, 0.5) is 4.79 Å². The molecule has 0 spiro atoms. The van der Waals surface area contributed by atoms with Crippen molar-refractivity contribution in [3.63, 3.8) is 0 Å². The lowest BCUT2D eigenvalue weighted by molar-refractivity contribution is -0.137. The Balaban J connectivity index is 1.65. The molecule has 0 radical (unpaired) electrons. The highest BCUT2D eigenvalue weighted by Gasteiger charge is 2.45. The number of likely N-dealkylation sites (tertiary alicyclic amines) is 1. The molecular weight excluding hydrogens is 248 g/mol. The Morgan fingerprint density at radius 3 is 2.47 bits per heavy atom. The van der Waals surface area contributed by atoms with Gasteiger partial charge in [-0.1, -0.05) is 0 Å². The molecule has 3 rings (SSSR count). The van der Waals surface area contributed by atoms with E-state index in [0.29, 0.717) is 19.0 Å². The molecule has 0 aromatic carbocycles. The van der Waals surface area contributed by atoms with E-state index >= 15 is 0 Å². The third-order valence-electron chi connectivity index (χ3n) is 4.63. The number of aliphatic carboxylic acids is 1. The number of rotatable bonds is 3. The van der Waals surface area contributed by atoms with Crippen molar-refractivity contribution in [2.45, 2.75) is 37.8 Å². The van der Waals surface area contributed by atoms with Gasteiger partial charge in [0.2, 0.25) is 0 Å². The van der Waals surface area contributed by atoms with Crippen LogP contribution >= 0.6 is 0 Å². The molecule has 0 aromatic heterocycles. The predicted octanol–water partition coefficient (Wildman–Crippen LogP) is 0.358. The minimum absolute atomic E-state index is 0.106. The Bertz CT molecular complexity index is 396. The van der Waals surface area contributed by atoms with Crippen molar-refractivity contribution in [1.82, 2.24) is 9.80 Å². The maximum atomic E-state index is 12.4. The van der Waals surface area contributed by atoms with Crippen LogP contribution in [0.25, 0.3) is 0 Å². The summed E-state index contributed by atoms with van der Waals surface area (Å²) < 4.78 is 0. The van der Waals surface area contributed by atoms with Gasteiger partial charge < -0.3 is 20.0 Å². The number of fused-ring (bicyclic) bond motifs is 1. The highest BCUT2D eigenvalue weighted by atomic mass is 16.4. The fourth-order valence-corrected chi connectivity index (χ4v) is 3.46. The molecule has 3 atom stereocenters. The van der Waals surface area contributed by atoms with E-state index in [2.05, 4.69) is 0 Å². The zero-order chi connectivity index (χ0) is 13.6. The fourth-order valence-electron chi connectivity index (χ4n) is 3.46. The number of amides is 2. The van der Waals surface area contributed by atoms with Crippen molar-refractivity contribution in [3.8, 4) is 0 Å². The Hall–Kier alpha value is -1.30. The summed E-state index contributed by atoms with van der Waals surface area (Å²) in [6.45, 7) is 1.04. The number of carbonyl (C=O) groups excluding carboxylic acids is 1. The summed E-state index contributed by atoms with van der Waals surface area (Å²) in [4.78, 5) is 26.5. The molecule has 2 amide bonds. The van der Waals surface area contributed by atoms with Gasteiger partial charge in [-0.25, -0.2) is 4.79 Å². The summed E-state index contributed by atoms with van der Waals surface area (Å²) in [5.41, 5.74) is 0. The van der Waals surface area contributed by atoms with Gasteiger partial charge >= 0.3 is 12.0 Å². The van der Waals surface area contributed by atoms with Crippen molar-refractivity contribution < 1.29 is 19.8 Å². The molecule has 3 aliphatic rings. The first-order valence-electron chi connectivity index (χ1n) is 7.01. The van der Waals surface area contributed by atoms with Crippen LogP contribution in [0, 0.1) is 11.8 Å². The van der Waals surface area contributed by atoms with Gasteiger partial charge in [0.15, 0.2) is 0 Å². The van der Waals surface area contributed by atoms with E-state index in [9.17, 15) is 14.7 Å². The van der Waals surface area contributed by atoms with Gasteiger partial charge in [-0.2, -0.15) is 0 Å². The van der Waals surface area contributed by atoms with Crippen molar-refractivity contribution in [2.75, 3.05) is 19.6 Å². The number of nitrogens with zero attached hydrogens (tertiary/aromatic N) is 2. The highest BCUT2D eigenvalue weighted by molar-refractivity contribution is 5.81. The molecule has 2 N–H and O–H groups in total. The normalized spacial score (nSPS) is 33.3. The molecule has 1 saturated heterocycles. The SMILES string of the molecule is O=C(O)CN(C(=O)N1CC2CCC(O)C2C1)C1CC1. The molecule has 6 nitrogen and oxygen atoms in total. The van der Waals surface area contributed by atoms with E-state index in [1.165, 1.54) is 4.90 Å². The number of carbonyl (C=O) groups is 2. The van der Waals surface area contributed by atoms with Gasteiger partial charge in [0, 0.05) is 25.0 Å². The van der Waals surface area contributed by atoms with Crippen LogP contribution < -0.4 is 0 Å². The Morgan fingerprint density at radius 1 is 1.16 bits per heavy atom. The van der Waals surface area contributed by atoms with Gasteiger partial charge in [0.25, 0.3) is 0 Å². The second-order valence-corrected chi connectivity index (χ2v) is 6.01. The lowest BCUT2D eigenvalue weighted by Gasteiger charge is -2.27. The largest absolute Gasteiger partial charge is 0.480 e. The second kappa shape index (κ2) is 4.67. The number of aliphatic hydroxyl groups excluding tert-OH is 1. The Labute approximate surface area is 112 Å². The molecule has 0 aromatic rings. The maximum Gasteiger partial charge on any atom is 0.323 e. The molecule has 1 heterocycles. The fraction of sp³-hybridized carbons (Fsp3) is 0.846. The highest BCUT2D eigenvalue weighted by Crippen LogP contribution is 2.39. The first-order valence-corrected chi connectivity index (χ1v) is 7.01. The zero-order valence-electron chi connectivity index (χ0n) is 10.9. The van der Waals surface area contributed by atoms with Crippen LogP contribution in [0.2, 0.25) is 0 Å². The average molecular weight is 268 g/mol. The molecule has 2 aliphatic carbocycles. The Morgan fingerprint density at radius 2 is 1.89 bits per heavy atom. The average Bonchev–Trinajstić information content (AvgIpc) is 3.01. The number of hydrogen-bond acceptors (Lipinski definition) is 3. The predicted molar refractivity (Wildman–Crippen MR) is 66.6 cm³/mol. The first-order chi connectivity index (χ1) is 9.06. The van der Waals surface area contributed by atoms with Crippen LogP contribution in [0.3, 0.4) is 0 Å². The van der Waals surface area contributed by atoms with Gasteiger partial charge in [0.1, 0.15) is 6.54 Å². The van der Waals surface area contributed by atoms with Crippen LogP contribution in [-0.4, -0.2) is 63.8 Å². The van der Waals surface area contributed by atoms with Crippen molar-refractivity contribution in [1.29, 1.82) is 0 Å². The summed E-state index contributed by atoms with van der Waals surface area (Å²) in [6, 6.07) is -0.0551. The molecule has 3 fully saturated rings. The summed E-state index contributed by atoms with van der Waals surface area (Å²) in [5.74, 6) is -0.376. The molecule has 3 unspecified atom stereocenters. The molecule has 19 heavy (non-hydrogen) atoms. The third kappa shape index (κ3) is 2.41. The lowest BCUT2D eigenvalue weighted by Crippen LogP contribution is -2.46. The molecule has 0 bridgehead atoms. The minimum atomic E-state index is -0.959. The molecule has 6 heteroatoms. The number of hydrogen-bond donors (Lipinski definition) is 2. The van der Waals surface area contributed by atoms with E-state index in [4.69, 9.17) is 5.11 Å². The van der Waals surface area contributed by atoms with Crippen molar-refractivity contribution >= 4 is 12.0 Å². The van der Waals surface area contributed by atoms with Gasteiger partial charge in [-0.15, -0.1) is 0 Å². The maximum absolute atomic E-state index is 12.4. The zero-order valence-corrected chi connectivity index (χ0v) is 10.9. The smallest absolute Gasteiger partial charge is 0.323 e. The molecule has 2 saturated carbocycles. The minimum Gasteiger partial charge on any atom is -0.480 e. The summed E-state index contributed by atoms with van der Waals surface area (Å²) in [5, 5.41) is 18.8. The quantitative estimate of drug-likeness (QED) is 0.774. The molecule has 1 aliphatic heterocycles. The van der Waals surface area contributed by atoms with Crippen LogP contribution in [0.1, 0.15) is 25.7 Å². The van der Waals surface area contributed by atoms with Gasteiger partial charge in [-0.05, 0) is 31.6 Å². The van der Waals surface area contributed by atoms with E-state index < -0.39 is 5.97 Å². The van der Waals surface area contributed by atoms with Crippen molar-refractivity contribution in [2.24, 2.45) is 11.8 Å². The topological polar surface area (TPSA) is 81.1 Å². The lowest BCUT2D eigenvalue weighted by atomic mass is 10.00. The molecular formula is C13H20N2O4. The van der Waals surface area contributed by atoms with E-state index in [1.54, 1.807) is 4.90 Å².